The molecule has 0 amide bonds. The number of rotatable bonds is 2. The molecule has 0 heterocycles. The van der Waals surface area contributed by atoms with Crippen LogP contribution in [0.3, 0.4) is 0 Å². The van der Waals surface area contributed by atoms with Crippen molar-refractivity contribution in [1.29, 1.82) is 0 Å². The molecule has 0 saturated heterocycles. The van der Waals surface area contributed by atoms with Gasteiger partial charge >= 0.3 is 0 Å². The molecule has 2 rings (SSSR count). The van der Waals surface area contributed by atoms with Crippen molar-refractivity contribution < 1.29 is 0 Å². The summed E-state index contributed by atoms with van der Waals surface area (Å²) in [5, 5.41) is 3.86. The van der Waals surface area contributed by atoms with Gasteiger partial charge in [0.1, 0.15) is 0 Å². The SMILES string of the molecule is [N-]=[N+]=N[C@@H]1CCC[C@H]1c1ccccc1. The minimum atomic E-state index is 0.169. The van der Waals surface area contributed by atoms with Crippen molar-refractivity contribution in [1.82, 2.24) is 0 Å². The standard InChI is InChI=1S/C11H13N3/c12-14-13-11-8-4-7-10(11)9-5-2-1-3-6-9/h1-3,5-6,10-11H,4,7-8H2/t10-,11+/m0/s1. The minimum absolute atomic E-state index is 0.169. The summed E-state index contributed by atoms with van der Waals surface area (Å²) in [7, 11) is 0. The maximum absolute atomic E-state index is 8.45. The van der Waals surface area contributed by atoms with Gasteiger partial charge in [-0.05, 0) is 29.9 Å². The van der Waals surface area contributed by atoms with Gasteiger partial charge in [-0.25, -0.2) is 0 Å². The van der Waals surface area contributed by atoms with E-state index in [0.717, 1.165) is 12.8 Å². The predicted molar refractivity (Wildman–Crippen MR) is 56.0 cm³/mol. The van der Waals surface area contributed by atoms with E-state index >= 15 is 0 Å². The van der Waals surface area contributed by atoms with Gasteiger partial charge in [0.05, 0.1) is 0 Å². The number of hydrogen-bond donors (Lipinski definition) is 0. The summed E-state index contributed by atoms with van der Waals surface area (Å²) >= 11 is 0. The molecule has 3 heteroatoms. The summed E-state index contributed by atoms with van der Waals surface area (Å²) in [5.41, 5.74) is 9.76. The maximum Gasteiger partial charge on any atom is 0.0442 e. The first-order valence-corrected chi connectivity index (χ1v) is 5.01. The molecule has 1 aromatic carbocycles. The van der Waals surface area contributed by atoms with E-state index in [4.69, 9.17) is 5.53 Å². The Morgan fingerprint density at radius 1 is 1.21 bits per heavy atom. The molecule has 2 atom stereocenters. The van der Waals surface area contributed by atoms with Crippen molar-refractivity contribution in [3.8, 4) is 0 Å². The molecule has 1 aromatic rings. The highest BCUT2D eigenvalue weighted by Gasteiger charge is 2.27. The largest absolute Gasteiger partial charge is 0.0900 e. The van der Waals surface area contributed by atoms with Crippen LogP contribution in [0.4, 0.5) is 0 Å². The fourth-order valence-corrected chi connectivity index (χ4v) is 2.23. The van der Waals surface area contributed by atoms with Crippen molar-refractivity contribution in [2.45, 2.75) is 31.2 Å². The molecule has 0 unspecified atom stereocenters. The molecule has 0 radical (unpaired) electrons. The molecule has 1 aliphatic rings. The molecule has 3 nitrogen and oxygen atoms in total. The molecule has 0 N–H and O–H groups in total. The van der Waals surface area contributed by atoms with Gasteiger partial charge in [-0.3, -0.25) is 0 Å². The Morgan fingerprint density at radius 3 is 2.71 bits per heavy atom. The van der Waals surface area contributed by atoms with Crippen LogP contribution < -0.4 is 0 Å². The Balaban J connectivity index is 2.21. The van der Waals surface area contributed by atoms with Crippen molar-refractivity contribution >= 4 is 0 Å². The molecule has 1 fully saturated rings. The van der Waals surface area contributed by atoms with E-state index in [1.54, 1.807) is 0 Å². The van der Waals surface area contributed by atoms with Gasteiger partial charge in [0.15, 0.2) is 0 Å². The fourth-order valence-electron chi connectivity index (χ4n) is 2.23. The quantitative estimate of drug-likeness (QED) is 0.385. The van der Waals surface area contributed by atoms with E-state index in [-0.39, 0.29) is 6.04 Å². The van der Waals surface area contributed by atoms with Crippen molar-refractivity contribution in [3.63, 3.8) is 0 Å². The molecular weight excluding hydrogens is 174 g/mol. The van der Waals surface area contributed by atoms with Gasteiger partial charge in [0.25, 0.3) is 0 Å². The summed E-state index contributed by atoms with van der Waals surface area (Å²) in [6.07, 6.45) is 3.35. The molecular formula is C11H13N3. The third kappa shape index (κ3) is 1.73. The van der Waals surface area contributed by atoms with E-state index in [2.05, 4.69) is 22.2 Å². The lowest BCUT2D eigenvalue weighted by Crippen LogP contribution is -2.08. The predicted octanol–water partition coefficient (Wildman–Crippen LogP) is 3.63. The summed E-state index contributed by atoms with van der Waals surface area (Å²) in [6, 6.07) is 10.5. The Hall–Kier alpha value is -1.47. The van der Waals surface area contributed by atoms with Crippen LogP contribution in [0, 0.1) is 0 Å². The van der Waals surface area contributed by atoms with E-state index < -0.39 is 0 Å². The monoisotopic (exact) mass is 187 g/mol. The van der Waals surface area contributed by atoms with Crippen molar-refractivity contribution in [2.24, 2.45) is 5.11 Å². The van der Waals surface area contributed by atoms with Gasteiger partial charge < -0.3 is 0 Å². The highest BCUT2D eigenvalue weighted by molar-refractivity contribution is 5.22. The van der Waals surface area contributed by atoms with E-state index in [0.29, 0.717) is 5.92 Å². The zero-order valence-corrected chi connectivity index (χ0v) is 8.00. The van der Waals surface area contributed by atoms with Crippen molar-refractivity contribution in [3.05, 3.63) is 46.3 Å². The zero-order chi connectivity index (χ0) is 9.80. The molecule has 0 aliphatic heterocycles. The second kappa shape index (κ2) is 4.16. The third-order valence-corrected chi connectivity index (χ3v) is 2.91. The Labute approximate surface area is 83.4 Å². The minimum Gasteiger partial charge on any atom is -0.0900 e. The molecule has 0 aromatic heterocycles. The van der Waals surface area contributed by atoms with Crippen molar-refractivity contribution in [2.75, 3.05) is 0 Å². The second-order valence-electron chi connectivity index (χ2n) is 3.72. The normalized spacial score (nSPS) is 25.7. The van der Waals surface area contributed by atoms with Crippen LogP contribution in [0.5, 0.6) is 0 Å². The smallest absolute Gasteiger partial charge is 0.0442 e. The first-order valence-electron chi connectivity index (χ1n) is 5.01. The van der Waals surface area contributed by atoms with Gasteiger partial charge in [0.2, 0.25) is 0 Å². The van der Waals surface area contributed by atoms with Crippen LogP contribution >= 0.6 is 0 Å². The van der Waals surface area contributed by atoms with E-state index in [1.807, 2.05) is 18.2 Å². The lowest BCUT2D eigenvalue weighted by molar-refractivity contribution is 0.610. The van der Waals surface area contributed by atoms with Crippen LogP contribution in [0.1, 0.15) is 30.7 Å². The summed E-state index contributed by atoms with van der Waals surface area (Å²) in [4.78, 5) is 2.92. The number of nitrogens with zero attached hydrogens (tertiary/aromatic N) is 3. The summed E-state index contributed by atoms with van der Waals surface area (Å²) in [6.45, 7) is 0. The Bertz CT molecular complexity index is 341. The van der Waals surface area contributed by atoms with Crippen LogP contribution in [0.25, 0.3) is 10.4 Å². The average molecular weight is 187 g/mol. The van der Waals surface area contributed by atoms with Crippen LogP contribution in [-0.4, -0.2) is 6.04 Å². The zero-order valence-electron chi connectivity index (χ0n) is 8.00. The van der Waals surface area contributed by atoms with Crippen LogP contribution in [0.2, 0.25) is 0 Å². The molecule has 1 saturated carbocycles. The van der Waals surface area contributed by atoms with Gasteiger partial charge in [-0.1, -0.05) is 41.9 Å². The summed E-state index contributed by atoms with van der Waals surface area (Å²) in [5.74, 6) is 0.437. The van der Waals surface area contributed by atoms with Gasteiger partial charge in [0, 0.05) is 11.0 Å². The van der Waals surface area contributed by atoms with Gasteiger partial charge in [-0.2, -0.15) is 0 Å². The molecule has 72 valence electrons. The number of benzene rings is 1. The molecule has 0 bridgehead atoms. The Morgan fingerprint density at radius 2 is 2.00 bits per heavy atom. The maximum atomic E-state index is 8.45. The first-order chi connectivity index (χ1) is 6.92. The van der Waals surface area contributed by atoms with E-state index in [9.17, 15) is 0 Å². The first kappa shape index (κ1) is 9.10. The topological polar surface area (TPSA) is 48.8 Å². The average Bonchev–Trinajstić information content (AvgIpc) is 2.68. The molecule has 0 spiro atoms. The van der Waals surface area contributed by atoms with Crippen LogP contribution in [0.15, 0.2) is 35.4 Å². The molecule has 14 heavy (non-hydrogen) atoms. The number of hydrogen-bond acceptors (Lipinski definition) is 1. The van der Waals surface area contributed by atoms with Crippen LogP contribution in [-0.2, 0) is 0 Å². The summed E-state index contributed by atoms with van der Waals surface area (Å²) < 4.78 is 0. The van der Waals surface area contributed by atoms with E-state index in [1.165, 1.54) is 12.0 Å². The fraction of sp³-hybridized carbons (Fsp3) is 0.455. The lowest BCUT2D eigenvalue weighted by Gasteiger charge is -2.14. The number of azide groups is 1. The van der Waals surface area contributed by atoms with Gasteiger partial charge in [-0.15, -0.1) is 0 Å². The lowest BCUT2D eigenvalue weighted by atomic mass is 9.95. The highest BCUT2D eigenvalue weighted by Crippen LogP contribution is 2.36. The Kier molecular flexibility index (Phi) is 2.70. The molecule has 1 aliphatic carbocycles. The highest BCUT2D eigenvalue weighted by atomic mass is 15.2. The third-order valence-electron chi connectivity index (χ3n) is 2.91. The second-order valence-corrected chi connectivity index (χ2v) is 3.72.